The molecule has 3 aromatic carbocycles. The molecule has 1 saturated heterocycles. The Labute approximate surface area is 234 Å². The van der Waals surface area contributed by atoms with E-state index in [1.165, 1.54) is 0 Å². The highest BCUT2D eigenvalue weighted by molar-refractivity contribution is 9.10. The fourth-order valence-corrected chi connectivity index (χ4v) is 5.30. The van der Waals surface area contributed by atoms with Crippen LogP contribution in [0.1, 0.15) is 29.2 Å². The molecule has 1 fully saturated rings. The lowest BCUT2D eigenvalue weighted by Gasteiger charge is -2.15. The van der Waals surface area contributed by atoms with Crippen LogP contribution >= 0.6 is 27.7 Å². The summed E-state index contributed by atoms with van der Waals surface area (Å²) in [6, 6.07) is 18.9. The lowest BCUT2D eigenvalue weighted by molar-refractivity contribution is -0.127. The van der Waals surface area contributed by atoms with E-state index in [0.29, 0.717) is 40.4 Å². The monoisotopic (exact) mass is 594 g/mol. The quantitative estimate of drug-likeness (QED) is 0.277. The lowest BCUT2D eigenvalue weighted by Crippen LogP contribution is -2.36. The van der Waals surface area contributed by atoms with E-state index in [4.69, 9.17) is 9.47 Å². The summed E-state index contributed by atoms with van der Waals surface area (Å²) in [5.41, 5.74) is 4.42. The van der Waals surface area contributed by atoms with Crippen molar-refractivity contribution in [3.63, 3.8) is 0 Å². The van der Waals surface area contributed by atoms with E-state index < -0.39 is 17.1 Å². The van der Waals surface area contributed by atoms with Gasteiger partial charge in [-0.2, -0.15) is 0 Å². The van der Waals surface area contributed by atoms with Gasteiger partial charge in [0.2, 0.25) is 5.91 Å². The molecule has 9 heteroatoms. The van der Waals surface area contributed by atoms with Gasteiger partial charge in [0, 0.05) is 5.69 Å². The van der Waals surface area contributed by atoms with E-state index in [0.717, 1.165) is 33.4 Å². The molecule has 0 aliphatic carbocycles. The van der Waals surface area contributed by atoms with Gasteiger partial charge >= 0.3 is 0 Å². The Bertz CT molecular complexity index is 1420. The Morgan fingerprint density at radius 2 is 1.76 bits per heavy atom. The van der Waals surface area contributed by atoms with Crippen LogP contribution in [-0.2, 0) is 16.2 Å². The summed E-state index contributed by atoms with van der Waals surface area (Å²) in [6.45, 7) is 6.23. The van der Waals surface area contributed by atoms with E-state index >= 15 is 0 Å². The molecule has 196 valence electrons. The minimum Gasteiger partial charge on any atom is -0.490 e. The van der Waals surface area contributed by atoms with Crippen LogP contribution in [0.5, 0.6) is 11.5 Å². The van der Waals surface area contributed by atoms with Gasteiger partial charge in [-0.05, 0) is 95.5 Å². The Balaban J connectivity index is 1.49. The molecule has 0 unspecified atom stereocenters. The highest BCUT2D eigenvalue weighted by Gasteiger charge is 2.36. The molecule has 1 aliphatic heterocycles. The number of rotatable bonds is 9. The number of ether oxygens (including phenoxy) is 2. The maximum Gasteiger partial charge on any atom is 0.294 e. The number of amides is 3. The minimum atomic E-state index is -0.520. The number of carbonyl (C=O) groups excluding carboxylic acids is 3. The molecule has 3 amide bonds. The first kappa shape index (κ1) is 27.5. The highest BCUT2D eigenvalue weighted by Crippen LogP contribution is 2.39. The summed E-state index contributed by atoms with van der Waals surface area (Å²) in [5, 5.41) is 2.23. The number of benzene rings is 3. The van der Waals surface area contributed by atoms with Crippen LogP contribution < -0.4 is 14.8 Å². The summed E-state index contributed by atoms with van der Waals surface area (Å²) < 4.78 is 12.5. The normalized spacial score (nSPS) is 14.2. The van der Waals surface area contributed by atoms with E-state index in [-0.39, 0.29) is 11.4 Å². The minimum absolute atomic E-state index is 0.223. The SMILES string of the molecule is CCOc1cc(/C=C2\SC(=O)N(CC(=O)Nc3cccc(C)c3)C2=O)cc(Br)c1OCc1cccc(C)c1. The van der Waals surface area contributed by atoms with Gasteiger partial charge in [-0.15, -0.1) is 0 Å². The molecule has 4 rings (SSSR count). The summed E-state index contributed by atoms with van der Waals surface area (Å²) in [5.74, 6) is 0.0906. The Kier molecular flexibility index (Phi) is 8.91. The number of nitrogens with one attached hydrogen (secondary N) is 1. The largest absolute Gasteiger partial charge is 0.490 e. The van der Waals surface area contributed by atoms with Crippen molar-refractivity contribution < 1.29 is 23.9 Å². The summed E-state index contributed by atoms with van der Waals surface area (Å²) in [7, 11) is 0. The molecule has 1 heterocycles. The number of imide groups is 1. The Morgan fingerprint density at radius 3 is 2.47 bits per heavy atom. The molecule has 38 heavy (non-hydrogen) atoms. The molecule has 0 atom stereocenters. The second kappa shape index (κ2) is 12.3. The van der Waals surface area contributed by atoms with Crippen molar-refractivity contribution in [2.75, 3.05) is 18.5 Å². The van der Waals surface area contributed by atoms with Gasteiger partial charge in [-0.25, -0.2) is 0 Å². The van der Waals surface area contributed by atoms with Crippen LogP contribution in [0, 0.1) is 13.8 Å². The van der Waals surface area contributed by atoms with Crippen LogP contribution in [0.4, 0.5) is 10.5 Å². The van der Waals surface area contributed by atoms with Crippen LogP contribution in [0.15, 0.2) is 70.0 Å². The number of hydrogen-bond acceptors (Lipinski definition) is 6. The first-order valence-electron chi connectivity index (χ1n) is 12.0. The molecule has 0 bridgehead atoms. The number of hydrogen-bond donors (Lipinski definition) is 1. The molecule has 0 radical (unpaired) electrons. The fraction of sp³-hybridized carbons (Fsp3) is 0.207. The molecular weight excluding hydrogens is 568 g/mol. The van der Waals surface area contributed by atoms with Gasteiger partial charge in [-0.1, -0.05) is 42.0 Å². The van der Waals surface area contributed by atoms with Gasteiger partial charge in [-0.3, -0.25) is 19.3 Å². The van der Waals surface area contributed by atoms with Crippen molar-refractivity contribution in [2.24, 2.45) is 0 Å². The van der Waals surface area contributed by atoms with Gasteiger partial charge in [0.25, 0.3) is 11.1 Å². The van der Waals surface area contributed by atoms with Crippen LogP contribution in [-0.4, -0.2) is 35.1 Å². The fourth-order valence-electron chi connectivity index (χ4n) is 3.89. The Hall–Kier alpha value is -3.56. The van der Waals surface area contributed by atoms with Crippen molar-refractivity contribution >= 4 is 56.5 Å². The predicted molar refractivity (Wildman–Crippen MR) is 153 cm³/mol. The Morgan fingerprint density at radius 1 is 1.03 bits per heavy atom. The molecule has 0 saturated carbocycles. The lowest BCUT2D eigenvalue weighted by atomic mass is 10.1. The van der Waals surface area contributed by atoms with Crippen molar-refractivity contribution in [1.82, 2.24) is 4.90 Å². The predicted octanol–water partition coefficient (Wildman–Crippen LogP) is 6.72. The zero-order chi connectivity index (χ0) is 27.2. The zero-order valence-electron chi connectivity index (χ0n) is 21.2. The number of anilines is 1. The second-order valence-corrected chi connectivity index (χ2v) is 10.6. The number of halogens is 1. The third kappa shape index (κ3) is 6.85. The number of aryl methyl sites for hydroxylation is 2. The molecule has 1 N–H and O–H groups in total. The summed E-state index contributed by atoms with van der Waals surface area (Å²) in [6.07, 6.45) is 1.61. The van der Waals surface area contributed by atoms with Gasteiger partial charge < -0.3 is 14.8 Å². The molecule has 7 nitrogen and oxygen atoms in total. The van der Waals surface area contributed by atoms with Crippen molar-refractivity contribution in [1.29, 1.82) is 0 Å². The average molecular weight is 596 g/mol. The topological polar surface area (TPSA) is 84.9 Å². The molecular formula is C29H27BrN2O5S. The van der Waals surface area contributed by atoms with Crippen molar-refractivity contribution in [2.45, 2.75) is 27.4 Å². The van der Waals surface area contributed by atoms with Crippen LogP contribution in [0.2, 0.25) is 0 Å². The molecule has 3 aromatic rings. The second-order valence-electron chi connectivity index (χ2n) is 8.73. The molecule has 0 aromatic heterocycles. The standard InChI is InChI=1S/C29H27BrN2O5S/c1-4-36-24-14-21(13-23(30)27(24)37-17-20-9-5-7-18(2)11-20)15-25-28(34)32(29(35)38-25)16-26(33)31-22-10-6-8-19(3)12-22/h5-15H,4,16-17H2,1-3H3,(H,31,33)/b25-15-. The van der Waals surface area contributed by atoms with Crippen molar-refractivity contribution in [3.05, 3.63) is 92.3 Å². The molecule has 1 aliphatic rings. The average Bonchev–Trinajstić information content (AvgIpc) is 3.11. The first-order valence-corrected chi connectivity index (χ1v) is 13.6. The maximum absolute atomic E-state index is 13.0. The van der Waals surface area contributed by atoms with Crippen LogP contribution in [0.25, 0.3) is 6.08 Å². The van der Waals surface area contributed by atoms with E-state index in [1.807, 2.05) is 57.2 Å². The van der Waals surface area contributed by atoms with Crippen molar-refractivity contribution in [3.8, 4) is 11.5 Å². The number of thioether (sulfide) groups is 1. The smallest absolute Gasteiger partial charge is 0.294 e. The zero-order valence-corrected chi connectivity index (χ0v) is 23.6. The first-order chi connectivity index (χ1) is 18.2. The van der Waals surface area contributed by atoms with E-state index in [1.54, 1.807) is 24.3 Å². The van der Waals surface area contributed by atoms with E-state index in [2.05, 4.69) is 27.3 Å². The number of nitrogens with zero attached hydrogens (tertiary/aromatic N) is 1. The third-order valence-corrected chi connectivity index (χ3v) is 7.07. The maximum atomic E-state index is 13.0. The van der Waals surface area contributed by atoms with Gasteiger partial charge in [0.05, 0.1) is 16.0 Å². The highest BCUT2D eigenvalue weighted by atomic mass is 79.9. The van der Waals surface area contributed by atoms with Crippen LogP contribution in [0.3, 0.4) is 0 Å². The number of carbonyl (C=O) groups is 3. The summed E-state index contributed by atoms with van der Waals surface area (Å²) in [4.78, 5) is 39.2. The molecule has 0 spiro atoms. The van der Waals surface area contributed by atoms with Gasteiger partial charge in [0.15, 0.2) is 11.5 Å². The van der Waals surface area contributed by atoms with E-state index in [9.17, 15) is 14.4 Å². The van der Waals surface area contributed by atoms with Gasteiger partial charge in [0.1, 0.15) is 13.2 Å². The summed E-state index contributed by atoms with van der Waals surface area (Å²) >= 11 is 4.35. The third-order valence-electron chi connectivity index (χ3n) is 5.57.